The molecule has 130 valence electrons. The zero-order valence-corrected chi connectivity index (χ0v) is 14.1. The highest BCUT2D eigenvalue weighted by atomic mass is 16.5. The van der Waals surface area contributed by atoms with Crippen molar-refractivity contribution in [2.75, 3.05) is 20.8 Å². The third-order valence-electron chi connectivity index (χ3n) is 5.11. The van der Waals surface area contributed by atoms with Crippen LogP contribution >= 0.6 is 0 Å². The second kappa shape index (κ2) is 5.58. The van der Waals surface area contributed by atoms with Gasteiger partial charge in [0.25, 0.3) is 5.91 Å². The summed E-state index contributed by atoms with van der Waals surface area (Å²) in [6.07, 6.45) is 1.29. The van der Waals surface area contributed by atoms with Crippen molar-refractivity contribution in [1.82, 2.24) is 4.90 Å². The van der Waals surface area contributed by atoms with Crippen LogP contribution in [0, 0.1) is 0 Å². The lowest BCUT2D eigenvalue weighted by molar-refractivity contribution is 0.0630. The fourth-order valence-corrected chi connectivity index (χ4v) is 3.85. The molecule has 25 heavy (non-hydrogen) atoms. The first-order valence-corrected chi connectivity index (χ1v) is 8.14. The second-order valence-electron chi connectivity index (χ2n) is 6.37. The van der Waals surface area contributed by atoms with Crippen molar-refractivity contribution in [1.29, 1.82) is 0 Å². The first-order valence-electron chi connectivity index (χ1n) is 8.14. The highest BCUT2D eigenvalue weighted by molar-refractivity contribution is 5.98. The number of hydrogen-bond donors (Lipinski definition) is 2. The number of nitrogens with zero attached hydrogens (tertiary/aromatic N) is 1. The van der Waals surface area contributed by atoms with Crippen LogP contribution in [0.15, 0.2) is 24.3 Å². The Morgan fingerprint density at radius 3 is 2.40 bits per heavy atom. The molecule has 0 spiro atoms. The van der Waals surface area contributed by atoms with E-state index in [0.717, 1.165) is 16.7 Å². The van der Waals surface area contributed by atoms with Gasteiger partial charge in [-0.15, -0.1) is 0 Å². The standard InChI is InChI=1S/C19H19NO5/c1-24-17-7-10-3-4-20-14(12(10)8-16(17)22)5-11-6-15(21)18(25-2)9-13(11)19(20)23/h6-9,14,21-22H,3-5H2,1-2H3. The van der Waals surface area contributed by atoms with Gasteiger partial charge < -0.3 is 24.6 Å². The summed E-state index contributed by atoms with van der Waals surface area (Å²) in [5.74, 6) is 0.753. The molecule has 0 fully saturated rings. The molecule has 2 aliphatic rings. The van der Waals surface area contributed by atoms with Crippen molar-refractivity contribution in [3.63, 3.8) is 0 Å². The molecule has 6 heteroatoms. The number of amides is 1. The average Bonchev–Trinajstić information content (AvgIpc) is 2.61. The Hall–Kier alpha value is -2.89. The summed E-state index contributed by atoms with van der Waals surface area (Å²) in [5.41, 5.74) is 3.35. The van der Waals surface area contributed by atoms with Crippen LogP contribution in [0.25, 0.3) is 0 Å². The Morgan fingerprint density at radius 2 is 1.68 bits per heavy atom. The molecule has 2 aliphatic heterocycles. The van der Waals surface area contributed by atoms with E-state index in [4.69, 9.17) is 9.47 Å². The van der Waals surface area contributed by atoms with Crippen molar-refractivity contribution in [3.8, 4) is 23.0 Å². The first kappa shape index (κ1) is 15.6. The summed E-state index contributed by atoms with van der Waals surface area (Å²) in [7, 11) is 2.98. The van der Waals surface area contributed by atoms with Crippen molar-refractivity contribution >= 4 is 5.91 Å². The van der Waals surface area contributed by atoms with Gasteiger partial charge in [-0.3, -0.25) is 4.79 Å². The molecule has 0 bridgehead atoms. The number of carbonyl (C=O) groups is 1. The molecule has 0 saturated heterocycles. The molecule has 0 aromatic heterocycles. The molecule has 2 heterocycles. The number of phenols is 2. The molecule has 2 aromatic rings. The van der Waals surface area contributed by atoms with E-state index in [9.17, 15) is 15.0 Å². The maximum Gasteiger partial charge on any atom is 0.254 e. The zero-order chi connectivity index (χ0) is 17.7. The third-order valence-corrected chi connectivity index (χ3v) is 5.11. The number of aromatic hydroxyl groups is 2. The highest BCUT2D eigenvalue weighted by Crippen LogP contribution is 2.43. The van der Waals surface area contributed by atoms with Gasteiger partial charge in [-0.2, -0.15) is 0 Å². The minimum atomic E-state index is -0.159. The van der Waals surface area contributed by atoms with Crippen LogP contribution in [0.3, 0.4) is 0 Å². The minimum absolute atomic E-state index is 0.0242. The lowest BCUT2D eigenvalue weighted by atomic mass is 9.83. The van der Waals surface area contributed by atoms with E-state index >= 15 is 0 Å². The number of rotatable bonds is 2. The Kier molecular flexibility index (Phi) is 3.49. The molecule has 1 unspecified atom stereocenters. The lowest BCUT2D eigenvalue weighted by Crippen LogP contribution is -2.44. The van der Waals surface area contributed by atoms with Gasteiger partial charge in [0.2, 0.25) is 0 Å². The monoisotopic (exact) mass is 341 g/mol. The van der Waals surface area contributed by atoms with E-state index in [1.165, 1.54) is 14.2 Å². The van der Waals surface area contributed by atoms with E-state index in [1.54, 1.807) is 18.2 Å². The van der Waals surface area contributed by atoms with Crippen LogP contribution in [-0.4, -0.2) is 41.8 Å². The second-order valence-corrected chi connectivity index (χ2v) is 6.37. The molecule has 1 atom stereocenters. The first-order chi connectivity index (χ1) is 12.0. The van der Waals surface area contributed by atoms with Gasteiger partial charge in [0, 0.05) is 12.1 Å². The summed E-state index contributed by atoms with van der Waals surface area (Å²) in [5, 5.41) is 20.2. The maximum atomic E-state index is 12.9. The molecule has 1 amide bonds. The van der Waals surface area contributed by atoms with E-state index in [2.05, 4.69) is 0 Å². The summed E-state index contributed by atoms with van der Waals surface area (Å²) >= 11 is 0. The number of phenolic OH excluding ortho intramolecular Hbond substituents is 2. The smallest absolute Gasteiger partial charge is 0.254 e. The zero-order valence-electron chi connectivity index (χ0n) is 14.1. The van der Waals surface area contributed by atoms with Gasteiger partial charge in [0.05, 0.1) is 20.3 Å². The van der Waals surface area contributed by atoms with Crippen LogP contribution < -0.4 is 9.47 Å². The summed E-state index contributed by atoms with van der Waals surface area (Å²) in [4.78, 5) is 14.8. The molecule has 0 saturated carbocycles. The molecule has 6 nitrogen and oxygen atoms in total. The molecule has 2 N–H and O–H groups in total. The van der Waals surface area contributed by atoms with E-state index < -0.39 is 0 Å². The molecule has 4 rings (SSSR count). The number of fused-ring (bicyclic) bond motifs is 4. The van der Waals surface area contributed by atoms with Crippen LogP contribution in [0.4, 0.5) is 0 Å². The summed E-state index contributed by atoms with van der Waals surface area (Å²) < 4.78 is 10.3. The quantitative estimate of drug-likeness (QED) is 0.877. The maximum absolute atomic E-state index is 12.9. The molecule has 2 aromatic carbocycles. The van der Waals surface area contributed by atoms with Gasteiger partial charge in [0.1, 0.15) is 0 Å². The van der Waals surface area contributed by atoms with Gasteiger partial charge >= 0.3 is 0 Å². The van der Waals surface area contributed by atoms with Crippen LogP contribution in [0.5, 0.6) is 23.0 Å². The largest absolute Gasteiger partial charge is 0.504 e. The van der Waals surface area contributed by atoms with E-state index in [1.807, 2.05) is 11.0 Å². The Bertz CT molecular complexity index is 877. The van der Waals surface area contributed by atoms with E-state index in [-0.39, 0.29) is 23.4 Å². The molecule has 0 radical (unpaired) electrons. The highest BCUT2D eigenvalue weighted by Gasteiger charge is 2.38. The summed E-state index contributed by atoms with van der Waals surface area (Å²) in [6, 6.07) is 6.57. The lowest BCUT2D eigenvalue weighted by Gasteiger charge is -2.41. The Balaban J connectivity index is 1.81. The van der Waals surface area contributed by atoms with Crippen LogP contribution in [0.1, 0.15) is 33.1 Å². The van der Waals surface area contributed by atoms with Crippen molar-refractivity contribution in [2.45, 2.75) is 18.9 Å². The van der Waals surface area contributed by atoms with Gasteiger partial charge in [0.15, 0.2) is 23.0 Å². The fraction of sp³-hybridized carbons (Fsp3) is 0.316. The third kappa shape index (κ3) is 2.28. The van der Waals surface area contributed by atoms with Gasteiger partial charge in [-0.1, -0.05) is 0 Å². The molecule has 0 aliphatic carbocycles. The summed E-state index contributed by atoms with van der Waals surface area (Å²) in [6.45, 7) is 0.604. The molecular weight excluding hydrogens is 322 g/mol. The van der Waals surface area contributed by atoms with Crippen LogP contribution in [-0.2, 0) is 12.8 Å². The van der Waals surface area contributed by atoms with E-state index in [0.29, 0.717) is 36.4 Å². The minimum Gasteiger partial charge on any atom is -0.504 e. The number of methoxy groups -OCH3 is 2. The van der Waals surface area contributed by atoms with Crippen molar-refractivity contribution in [3.05, 3.63) is 46.5 Å². The average molecular weight is 341 g/mol. The Morgan fingerprint density at radius 1 is 1.00 bits per heavy atom. The van der Waals surface area contributed by atoms with Crippen molar-refractivity contribution < 1.29 is 24.5 Å². The predicted molar refractivity (Wildman–Crippen MR) is 90.5 cm³/mol. The number of hydrogen-bond acceptors (Lipinski definition) is 5. The SMILES string of the molecule is COc1cc2c(cc1O)C1Cc3cc(O)c(OC)cc3C(=O)N1CC2. The number of carbonyl (C=O) groups excluding carboxylic acids is 1. The van der Waals surface area contributed by atoms with Crippen molar-refractivity contribution in [2.24, 2.45) is 0 Å². The fourth-order valence-electron chi connectivity index (χ4n) is 3.85. The predicted octanol–water partition coefficient (Wildman–Crippen LogP) is 2.41. The topological polar surface area (TPSA) is 79.2 Å². The number of ether oxygens (including phenoxy) is 2. The molecular formula is C19H19NO5. The van der Waals surface area contributed by atoms with Crippen LogP contribution in [0.2, 0.25) is 0 Å². The van der Waals surface area contributed by atoms with Gasteiger partial charge in [-0.25, -0.2) is 0 Å². The Labute approximate surface area is 145 Å². The van der Waals surface area contributed by atoms with Gasteiger partial charge in [-0.05, 0) is 53.8 Å². The number of benzene rings is 2. The normalized spacial score (nSPS) is 18.2.